The van der Waals surface area contributed by atoms with Gasteiger partial charge in [0.1, 0.15) is 0 Å². The lowest BCUT2D eigenvalue weighted by atomic mass is 10.0. The molecule has 0 fully saturated rings. The van der Waals surface area contributed by atoms with Crippen LogP contribution < -0.4 is 21.8 Å². The van der Waals surface area contributed by atoms with Gasteiger partial charge in [0.15, 0.2) is 16.9 Å². The van der Waals surface area contributed by atoms with Gasteiger partial charge in [-0.2, -0.15) is 5.23 Å². The van der Waals surface area contributed by atoms with Crippen LogP contribution in [0.3, 0.4) is 0 Å². The zero-order valence-electron chi connectivity index (χ0n) is 16.5. The number of aliphatic hydroxyl groups excluding tert-OH is 2. The van der Waals surface area contributed by atoms with Crippen molar-refractivity contribution in [2.24, 2.45) is 14.1 Å². The SMILES string of the molecule is Cn1c(=O)c2c(ncn2CCNC(CO)C(O)c2ccc([NH+]([O-])O)cc2)n(C)c1=O. The van der Waals surface area contributed by atoms with Crippen LogP contribution in [0.5, 0.6) is 0 Å². The van der Waals surface area contributed by atoms with Crippen LogP contribution in [0.1, 0.15) is 11.7 Å². The first kappa shape index (κ1) is 21.8. The Labute approximate surface area is 170 Å². The molecule has 0 spiro atoms. The maximum atomic E-state index is 12.5. The smallest absolute Gasteiger partial charge is 0.332 e. The minimum Gasteiger partial charge on any atom is -0.595 e. The number of quaternary nitrogens is 1. The molecule has 12 nitrogen and oxygen atoms in total. The molecule has 3 atom stereocenters. The van der Waals surface area contributed by atoms with Gasteiger partial charge in [-0.05, 0) is 5.56 Å². The molecule has 2 aromatic heterocycles. The summed E-state index contributed by atoms with van der Waals surface area (Å²) in [4.78, 5) is 28.6. The Bertz CT molecular complexity index is 1130. The quantitative estimate of drug-likeness (QED) is 0.250. The van der Waals surface area contributed by atoms with Crippen molar-refractivity contribution >= 4 is 16.9 Å². The number of aryl methyl sites for hydroxylation is 1. The normalized spacial score (nSPS) is 14.7. The second kappa shape index (κ2) is 8.87. The highest BCUT2D eigenvalue weighted by Gasteiger charge is 2.20. The molecule has 12 heteroatoms. The number of fused-ring (bicyclic) bond motifs is 1. The number of nitrogens with zero attached hydrogens (tertiary/aromatic N) is 4. The average Bonchev–Trinajstić information content (AvgIpc) is 3.17. The fourth-order valence-corrected chi connectivity index (χ4v) is 3.27. The Hall–Kier alpha value is -2.87. The van der Waals surface area contributed by atoms with Gasteiger partial charge < -0.3 is 25.3 Å². The van der Waals surface area contributed by atoms with E-state index in [0.29, 0.717) is 18.7 Å². The summed E-state index contributed by atoms with van der Waals surface area (Å²) < 4.78 is 3.91. The fourth-order valence-electron chi connectivity index (χ4n) is 3.27. The summed E-state index contributed by atoms with van der Waals surface area (Å²) in [5.41, 5.74) is 0.203. The van der Waals surface area contributed by atoms with Crippen molar-refractivity contribution in [2.45, 2.75) is 18.7 Å². The molecule has 3 unspecified atom stereocenters. The fraction of sp³-hybridized carbons (Fsp3) is 0.389. The molecule has 0 radical (unpaired) electrons. The summed E-state index contributed by atoms with van der Waals surface area (Å²) in [5, 5.41) is 42.0. The lowest BCUT2D eigenvalue weighted by Gasteiger charge is -2.23. The van der Waals surface area contributed by atoms with E-state index in [1.807, 2.05) is 0 Å². The van der Waals surface area contributed by atoms with Crippen molar-refractivity contribution in [3.05, 3.63) is 62.2 Å². The van der Waals surface area contributed by atoms with Gasteiger partial charge in [0.2, 0.25) is 0 Å². The molecule has 3 aromatic rings. The minimum atomic E-state index is -1.07. The molecule has 0 aliphatic rings. The molecule has 0 amide bonds. The van der Waals surface area contributed by atoms with E-state index in [4.69, 9.17) is 5.21 Å². The van der Waals surface area contributed by atoms with Gasteiger partial charge in [-0.15, -0.1) is 0 Å². The first-order chi connectivity index (χ1) is 14.3. The van der Waals surface area contributed by atoms with Crippen LogP contribution in [0.2, 0.25) is 0 Å². The molecule has 0 aliphatic carbocycles. The van der Waals surface area contributed by atoms with Gasteiger partial charge in [0, 0.05) is 39.3 Å². The number of nitrogens with one attached hydrogen (secondary N) is 2. The van der Waals surface area contributed by atoms with Crippen LogP contribution in [-0.2, 0) is 20.6 Å². The van der Waals surface area contributed by atoms with E-state index in [0.717, 1.165) is 4.57 Å². The largest absolute Gasteiger partial charge is 0.595 e. The Balaban J connectivity index is 1.72. The molecular weight excluding hydrogens is 396 g/mol. The van der Waals surface area contributed by atoms with E-state index in [9.17, 15) is 25.0 Å². The third kappa shape index (κ3) is 4.05. The summed E-state index contributed by atoms with van der Waals surface area (Å²) in [5.74, 6) is 0. The lowest BCUT2D eigenvalue weighted by molar-refractivity contribution is -0.991. The zero-order valence-corrected chi connectivity index (χ0v) is 16.5. The number of hydrogen-bond acceptors (Lipinski definition) is 8. The van der Waals surface area contributed by atoms with Gasteiger partial charge in [0.25, 0.3) is 5.56 Å². The third-order valence-corrected chi connectivity index (χ3v) is 5.05. The predicted molar refractivity (Wildman–Crippen MR) is 106 cm³/mol. The first-order valence-electron chi connectivity index (χ1n) is 9.22. The van der Waals surface area contributed by atoms with Crippen LogP contribution in [-0.4, -0.2) is 53.3 Å². The van der Waals surface area contributed by atoms with Crippen molar-refractivity contribution in [2.75, 3.05) is 13.2 Å². The van der Waals surface area contributed by atoms with Crippen molar-refractivity contribution in [1.29, 1.82) is 0 Å². The Morgan fingerprint density at radius 1 is 1.20 bits per heavy atom. The number of imidazole rings is 1. The second-order valence-electron chi connectivity index (χ2n) is 6.93. The molecule has 0 saturated carbocycles. The highest BCUT2D eigenvalue weighted by molar-refractivity contribution is 5.69. The molecule has 2 heterocycles. The Morgan fingerprint density at radius 3 is 2.47 bits per heavy atom. The molecule has 0 bridgehead atoms. The third-order valence-electron chi connectivity index (χ3n) is 5.05. The maximum Gasteiger partial charge on any atom is 0.332 e. The Morgan fingerprint density at radius 2 is 1.87 bits per heavy atom. The van der Waals surface area contributed by atoms with Gasteiger partial charge >= 0.3 is 5.69 Å². The van der Waals surface area contributed by atoms with Crippen LogP contribution in [0.4, 0.5) is 5.69 Å². The van der Waals surface area contributed by atoms with Crippen molar-refractivity contribution in [1.82, 2.24) is 24.0 Å². The van der Waals surface area contributed by atoms with E-state index in [2.05, 4.69) is 10.3 Å². The number of hydrogen-bond donors (Lipinski definition) is 5. The monoisotopic (exact) mass is 420 g/mol. The standard InChI is InChI=1S/C18H24N6O6/c1-21-16-14(17(27)22(2)18(21)28)23(10-20-16)8-7-19-13(9-25)15(26)11-3-5-12(6-4-11)24(29)30/h3-6,10,13,15,19,24-26,29H,7-9H2,1-2H3. The van der Waals surface area contributed by atoms with Crippen LogP contribution in [0, 0.1) is 5.21 Å². The molecule has 3 rings (SSSR count). The molecule has 1 aromatic carbocycles. The number of benzene rings is 1. The number of aromatic nitrogens is 4. The summed E-state index contributed by atoms with van der Waals surface area (Å²) in [6, 6.07) is 5.04. The topological polar surface area (TPSA) is 162 Å². The van der Waals surface area contributed by atoms with Crippen LogP contribution in [0.25, 0.3) is 11.2 Å². The average molecular weight is 420 g/mol. The highest BCUT2D eigenvalue weighted by Crippen LogP contribution is 2.18. The van der Waals surface area contributed by atoms with Gasteiger partial charge in [0.05, 0.1) is 25.1 Å². The summed E-state index contributed by atoms with van der Waals surface area (Å²) in [7, 11) is 2.93. The second-order valence-corrected chi connectivity index (χ2v) is 6.93. The van der Waals surface area contributed by atoms with E-state index in [-0.39, 0.29) is 23.5 Å². The summed E-state index contributed by atoms with van der Waals surface area (Å²) in [6.45, 7) is 0.251. The van der Waals surface area contributed by atoms with Crippen molar-refractivity contribution < 1.29 is 20.6 Å². The van der Waals surface area contributed by atoms with Crippen LogP contribution >= 0.6 is 0 Å². The van der Waals surface area contributed by atoms with Gasteiger partial charge in [-0.1, -0.05) is 12.1 Å². The highest BCUT2D eigenvalue weighted by atomic mass is 16.8. The molecule has 162 valence electrons. The Kier molecular flexibility index (Phi) is 6.45. The molecule has 5 N–H and O–H groups in total. The van der Waals surface area contributed by atoms with Crippen molar-refractivity contribution in [3.8, 4) is 0 Å². The van der Waals surface area contributed by atoms with Gasteiger partial charge in [-0.3, -0.25) is 13.9 Å². The van der Waals surface area contributed by atoms with E-state index >= 15 is 0 Å². The van der Waals surface area contributed by atoms with Gasteiger partial charge in [-0.25, -0.2) is 15.0 Å². The summed E-state index contributed by atoms with van der Waals surface area (Å²) >= 11 is 0. The molecule has 0 saturated heterocycles. The van der Waals surface area contributed by atoms with E-state index in [1.54, 1.807) is 4.57 Å². The van der Waals surface area contributed by atoms with Crippen LogP contribution in [0.15, 0.2) is 40.2 Å². The first-order valence-corrected chi connectivity index (χ1v) is 9.22. The summed E-state index contributed by atoms with van der Waals surface area (Å²) in [6.07, 6.45) is 0.397. The van der Waals surface area contributed by atoms with E-state index in [1.165, 1.54) is 49.3 Å². The minimum absolute atomic E-state index is 0.0995. The van der Waals surface area contributed by atoms with Crippen molar-refractivity contribution in [3.63, 3.8) is 0 Å². The van der Waals surface area contributed by atoms with E-state index < -0.39 is 28.6 Å². The molecule has 0 aliphatic heterocycles. The predicted octanol–water partition coefficient (Wildman–Crippen LogP) is -2.48. The lowest BCUT2D eigenvalue weighted by Crippen LogP contribution is -2.99. The molecule has 30 heavy (non-hydrogen) atoms. The number of rotatable bonds is 8. The number of aliphatic hydroxyl groups is 2. The maximum absolute atomic E-state index is 12.5. The molecular formula is C18H24N6O6. The zero-order chi connectivity index (χ0) is 22.0.